The molecular formula is C14H18N4O. The molecule has 1 aromatic carbocycles. The second-order valence-corrected chi connectivity index (χ2v) is 4.87. The molecular weight excluding hydrogens is 240 g/mol. The standard InChI is InChI=1S/C14H18N4O/c15-8-11-3-5-13(6-4-11)17-14(19)10-18-7-1-2-12(16)9-18/h3-6,12H,1-2,7,9-10,16H2,(H,17,19). The van der Waals surface area contributed by atoms with Gasteiger partial charge < -0.3 is 11.1 Å². The highest BCUT2D eigenvalue weighted by Gasteiger charge is 2.18. The van der Waals surface area contributed by atoms with Gasteiger partial charge in [0, 0.05) is 18.3 Å². The minimum absolute atomic E-state index is 0.0428. The van der Waals surface area contributed by atoms with Gasteiger partial charge in [-0.25, -0.2) is 0 Å². The number of hydrogen-bond acceptors (Lipinski definition) is 4. The summed E-state index contributed by atoms with van der Waals surface area (Å²) < 4.78 is 0. The molecule has 0 spiro atoms. The molecule has 19 heavy (non-hydrogen) atoms. The third-order valence-corrected chi connectivity index (χ3v) is 3.21. The highest BCUT2D eigenvalue weighted by Crippen LogP contribution is 2.10. The summed E-state index contributed by atoms with van der Waals surface area (Å²) in [7, 11) is 0. The van der Waals surface area contributed by atoms with Crippen LogP contribution in [0.3, 0.4) is 0 Å². The zero-order valence-electron chi connectivity index (χ0n) is 10.8. The van der Waals surface area contributed by atoms with E-state index in [1.54, 1.807) is 24.3 Å². The van der Waals surface area contributed by atoms with Crippen LogP contribution in [0, 0.1) is 11.3 Å². The second-order valence-electron chi connectivity index (χ2n) is 4.87. The molecule has 0 radical (unpaired) electrons. The number of nitrogens with zero attached hydrogens (tertiary/aromatic N) is 2. The molecule has 1 fully saturated rings. The van der Waals surface area contributed by atoms with Crippen molar-refractivity contribution in [2.75, 3.05) is 25.0 Å². The summed E-state index contributed by atoms with van der Waals surface area (Å²) in [4.78, 5) is 14.0. The second kappa shape index (κ2) is 6.32. The van der Waals surface area contributed by atoms with Crippen LogP contribution in [0.1, 0.15) is 18.4 Å². The first-order valence-electron chi connectivity index (χ1n) is 6.45. The van der Waals surface area contributed by atoms with Crippen molar-refractivity contribution >= 4 is 11.6 Å². The fraction of sp³-hybridized carbons (Fsp3) is 0.429. The van der Waals surface area contributed by atoms with Crippen molar-refractivity contribution < 1.29 is 4.79 Å². The normalized spacial score (nSPS) is 19.7. The first kappa shape index (κ1) is 13.5. The lowest BCUT2D eigenvalue weighted by Gasteiger charge is -2.29. The number of carbonyl (C=O) groups is 1. The summed E-state index contributed by atoms with van der Waals surface area (Å²) in [5, 5.41) is 11.5. The summed E-state index contributed by atoms with van der Waals surface area (Å²) in [6.07, 6.45) is 2.08. The number of amides is 1. The maximum absolute atomic E-state index is 11.9. The van der Waals surface area contributed by atoms with E-state index in [1.165, 1.54) is 0 Å². The molecule has 0 aliphatic carbocycles. The van der Waals surface area contributed by atoms with Crippen molar-refractivity contribution in [1.29, 1.82) is 5.26 Å². The van der Waals surface area contributed by atoms with E-state index >= 15 is 0 Å². The van der Waals surface area contributed by atoms with Crippen LogP contribution in [0.4, 0.5) is 5.69 Å². The summed E-state index contributed by atoms with van der Waals surface area (Å²) >= 11 is 0. The lowest BCUT2D eigenvalue weighted by molar-refractivity contribution is -0.117. The van der Waals surface area contributed by atoms with Gasteiger partial charge in [-0.2, -0.15) is 5.26 Å². The molecule has 0 aromatic heterocycles. The largest absolute Gasteiger partial charge is 0.327 e. The number of nitrogens with one attached hydrogen (secondary N) is 1. The van der Waals surface area contributed by atoms with Crippen LogP contribution >= 0.6 is 0 Å². The summed E-state index contributed by atoms with van der Waals surface area (Å²) in [6, 6.07) is 9.06. The van der Waals surface area contributed by atoms with Crippen LogP contribution in [-0.2, 0) is 4.79 Å². The molecule has 0 saturated carbocycles. The number of carbonyl (C=O) groups excluding carboxylic acids is 1. The Kier molecular flexibility index (Phi) is 4.50. The molecule has 1 unspecified atom stereocenters. The highest BCUT2D eigenvalue weighted by molar-refractivity contribution is 5.92. The Morgan fingerprint density at radius 1 is 1.47 bits per heavy atom. The number of nitrogens with two attached hydrogens (primary N) is 1. The third-order valence-electron chi connectivity index (χ3n) is 3.21. The number of piperidine rings is 1. The zero-order valence-corrected chi connectivity index (χ0v) is 10.8. The molecule has 5 nitrogen and oxygen atoms in total. The molecule has 1 aliphatic rings. The predicted molar refractivity (Wildman–Crippen MR) is 73.4 cm³/mol. The minimum Gasteiger partial charge on any atom is -0.327 e. The van der Waals surface area contributed by atoms with E-state index in [1.807, 2.05) is 6.07 Å². The molecule has 1 saturated heterocycles. The zero-order chi connectivity index (χ0) is 13.7. The molecule has 100 valence electrons. The monoisotopic (exact) mass is 258 g/mol. The minimum atomic E-state index is -0.0428. The Morgan fingerprint density at radius 3 is 2.84 bits per heavy atom. The Balaban J connectivity index is 1.85. The van der Waals surface area contributed by atoms with E-state index < -0.39 is 0 Å². The Morgan fingerprint density at radius 2 is 2.21 bits per heavy atom. The first-order chi connectivity index (χ1) is 9.17. The Hall–Kier alpha value is -1.90. The number of hydrogen-bond donors (Lipinski definition) is 2. The fourth-order valence-corrected chi connectivity index (χ4v) is 2.27. The highest BCUT2D eigenvalue weighted by atomic mass is 16.2. The van der Waals surface area contributed by atoms with Gasteiger partial charge in [-0.1, -0.05) is 0 Å². The molecule has 0 bridgehead atoms. The Labute approximate surface area is 113 Å². The summed E-state index contributed by atoms with van der Waals surface area (Å²) in [5.74, 6) is -0.0428. The van der Waals surface area contributed by atoms with Gasteiger partial charge >= 0.3 is 0 Å². The lowest BCUT2D eigenvalue weighted by atomic mass is 10.1. The third kappa shape index (κ3) is 4.05. The lowest BCUT2D eigenvalue weighted by Crippen LogP contribution is -2.45. The number of nitriles is 1. The van der Waals surface area contributed by atoms with Crippen LogP contribution in [0.25, 0.3) is 0 Å². The summed E-state index contributed by atoms with van der Waals surface area (Å²) in [6.45, 7) is 2.07. The molecule has 1 atom stereocenters. The van der Waals surface area contributed by atoms with E-state index in [4.69, 9.17) is 11.0 Å². The Bertz CT molecular complexity index is 477. The predicted octanol–water partition coefficient (Wildman–Crippen LogP) is 0.920. The molecule has 5 heteroatoms. The van der Waals surface area contributed by atoms with Crippen LogP contribution in [0.5, 0.6) is 0 Å². The van der Waals surface area contributed by atoms with Crippen molar-refractivity contribution in [3.05, 3.63) is 29.8 Å². The van der Waals surface area contributed by atoms with E-state index in [0.29, 0.717) is 17.8 Å². The van der Waals surface area contributed by atoms with Crippen LogP contribution < -0.4 is 11.1 Å². The van der Waals surface area contributed by atoms with Gasteiger partial charge in [-0.05, 0) is 43.7 Å². The van der Waals surface area contributed by atoms with Gasteiger partial charge in [0.25, 0.3) is 0 Å². The van der Waals surface area contributed by atoms with Crippen LogP contribution in [0.15, 0.2) is 24.3 Å². The maximum atomic E-state index is 11.9. The van der Waals surface area contributed by atoms with Crippen LogP contribution in [0.2, 0.25) is 0 Å². The topological polar surface area (TPSA) is 82.2 Å². The summed E-state index contributed by atoms with van der Waals surface area (Å²) in [5.41, 5.74) is 7.18. The smallest absolute Gasteiger partial charge is 0.238 e. The van der Waals surface area contributed by atoms with E-state index in [0.717, 1.165) is 25.9 Å². The van der Waals surface area contributed by atoms with Crippen molar-refractivity contribution in [2.45, 2.75) is 18.9 Å². The van der Waals surface area contributed by atoms with Gasteiger partial charge in [0.1, 0.15) is 0 Å². The van der Waals surface area contributed by atoms with Gasteiger partial charge in [0.2, 0.25) is 5.91 Å². The van der Waals surface area contributed by atoms with E-state index in [2.05, 4.69) is 10.2 Å². The number of benzene rings is 1. The van der Waals surface area contributed by atoms with E-state index in [9.17, 15) is 4.79 Å². The number of rotatable bonds is 3. The van der Waals surface area contributed by atoms with Crippen molar-refractivity contribution in [1.82, 2.24) is 4.90 Å². The van der Waals surface area contributed by atoms with Crippen LogP contribution in [-0.4, -0.2) is 36.5 Å². The first-order valence-corrected chi connectivity index (χ1v) is 6.45. The fourth-order valence-electron chi connectivity index (χ4n) is 2.27. The van der Waals surface area contributed by atoms with Gasteiger partial charge in [-0.3, -0.25) is 9.69 Å². The maximum Gasteiger partial charge on any atom is 0.238 e. The van der Waals surface area contributed by atoms with Gasteiger partial charge in [0.05, 0.1) is 18.2 Å². The SMILES string of the molecule is N#Cc1ccc(NC(=O)CN2CCCC(N)C2)cc1. The average Bonchev–Trinajstić information content (AvgIpc) is 2.39. The van der Waals surface area contributed by atoms with Gasteiger partial charge in [-0.15, -0.1) is 0 Å². The number of anilines is 1. The van der Waals surface area contributed by atoms with Crippen molar-refractivity contribution in [3.63, 3.8) is 0 Å². The molecule has 1 aromatic rings. The molecule has 1 amide bonds. The molecule has 2 rings (SSSR count). The number of likely N-dealkylation sites (tertiary alicyclic amines) is 1. The van der Waals surface area contributed by atoms with E-state index in [-0.39, 0.29) is 11.9 Å². The van der Waals surface area contributed by atoms with Crippen molar-refractivity contribution in [2.24, 2.45) is 5.73 Å². The molecule has 1 heterocycles. The van der Waals surface area contributed by atoms with Crippen molar-refractivity contribution in [3.8, 4) is 6.07 Å². The molecule has 3 N–H and O–H groups in total. The van der Waals surface area contributed by atoms with Gasteiger partial charge in [0.15, 0.2) is 0 Å². The average molecular weight is 258 g/mol. The quantitative estimate of drug-likeness (QED) is 0.844. The molecule has 1 aliphatic heterocycles.